The molecule has 0 radical (unpaired) electrons. The van der Waals surface area contributed by atoms with Crippen molar-refractivity contribution in [3.05, 3.63) is 55.1 Å². The minimum atomic E-state index is -3.74. The predicted octanol–water partition coefficient (Wildman–Crippen LogP) is 2.45. The van der Waals surface area contributed by atoms with E-state index in [9.17, 15) is 8.42 Å². The SMILES string of the molecule is CC(C)n1cc(S(=O)(=O)Nc2nccn2-c2ccccc2)cn1. The molecule has 0 atom stereocenters. The Morgan fingerprint density at radius 3 is 2.57 bits per heavy atom. The summed E-state index contributed by atoms with van der Waals surface area (Å²) in [5, 5.41) is 4.06. The highest BCUT2D eigenvalue weighted by molar-refractivity contribution is 7.92. The smallest absolute Gasteiger partial charge is 0.267 e. The summed E-state index contributed by atoms with van der Waals surface area (Å²) in [7, 11) is -3.74. The van der Waals surface area contributed by atoms with Crippen molar-refractivity contribution in [1.29, 1.82) is 0 Å². The molecule has 0 saturated carbocycles. The van der Waals surface area contributed by atoms with Gasteiger partial charge in [-0.2, -0.15) is 5.10 Å². The van der Waals surface area contributed by atoms with Crippen molar-refractivity contribution >= 4 is 16.0 Å². The number of aromatic nitrogens is 4. The van der Waals surface area contributed by atoms with Crippen LogP contribution in [-0.4, -0.2) is 27.7 Å². The van der Waals surface area contributed by atoms with E-state index in [2.05, 4.69) is 14.8 Å². The molecular formula is C15H17N5O2S. The van der Waals surface area contributed by atoms with Gasteiger partial charge in [0.2, 0.25) is 5.95 Å². The van der Waals surface area contributed by atoms with Gasteiger partial charge in [0.05, 0.1) is 6.20 Å². The van der Waals surface area contributed by atoms with E-state index in [-0.39, 0.29) is 16.9 Å². The van der Waals surface area contributed by atoms with Crippen LogP contribution >= 0.6 is 0 Å². The van der Waals surface area contributed by atoms with Gasteiger partial charge in [-0.25, -0.2) is 18.1 Å². The number of sulfonamides is 1. The van der Waals surface area contributed by atoms with Gasteiger partial charge in [-0.05, 0) is 26.0 Å². The summed E-state index contributed by atoms with van der Waals surface area (Å²) >= 11 is 0. The summed E-state index contributed by atoms with van der Waals surface area (Å²) in [5.41, 5.74) is 0.820. The maximum Gasteiger partial charge on any atom is 0.267 e. The Morgan fingerprint density at radius 2 is 1.91 bits per heavy atom. The zero-order valence-electron chi connectivity index (χ0n) is 12.8. The second-order valence-electron chi connectivity index (χ2n) is 5.31. The number of hydrogen-bond donors (Lipinski definition) is 1. The molecule has 120 valence electrons. The van der Waals surface area contributed by atoms with Gasteiger partial charge in [0.25, 0.3) is 10.0 Å². The van der Waals surface area contributed by atoms with E-state index in [0.717, 1.165) is 5.69 Å². The second-order valence-corrected chi connectivity index (χ2v) is 6.99. The maximum atomic E-state index is 12.5. The minimum absolute atomic E-state index is 0.0882. The summed E-state index contributed by atoms with van der Waals surface area (Å²) in [6, 6.07) is 9.47. The number of hydrogen-bond acceptors (Lipinski definition) is 4. The number of para-hydroxylation sites is 1. The number of anilines is 1. The lowest BCUT2D eigenvalue weighted by molar-refractivity contribution is 0.531. The normalized spacial score (nSPS) is 11.8. The third-order valence-electron chi connectivity index (χ3n) is 3.32. The van der Waals surface area contributed by atoms with Crippen LogP contribution in [0.25, 0.3) is 5.69 Å². The van der Waals surface area contributed by atoms with E-state index in [1.807, 2.05) is 44.2 Å². The Morgan fingerprint density at radius 1 is 1.17 bits per heavy atom. The van der Waals surface area contributed by atoms with Crippen LogP contribution < -0.4 is 4.72 Å². The second kappa shape index (κ2) is 5.88. The van der Waals surface area contributed by atoms with Gasteiger partial charge in [0.15, 0.2) is 0 Å². The van der Waals surface area contributed by atoms with Crippen molar-refractivity contribution in [2.24, 2.45) is 0 Å². The van der Waals surface area contributed by atoms with Gasteiger partial charge in [0.1, 0.15) is 4.90 Å². The summed E-state index contributed by atoms with van der Waals surface area (Å²) in [4.78, 5) is 4.20. The molecular weight excluding hydrogens is 314 g/mol. The Bertz CT molecular complexity index is 897. The molecule has 0 aliphatic rings. The monoisotopic (exact) mass is 331 g/mol. The summed E-state index contributed by atoms with van der Waals surface area (Å²) < 4.78 is 30.8. The van der Waals surface area contributed by atoms with Crippen LogP contribution in [0.5, 0.6) is 0 Å². The van der Waals surface area contributed by atoms with Crippen molar-refractivity contribution in [2.75, 3.05) is 4.72 Å². The zero-order valence-corrected chi connectivity index (χ0v) is 13.6. The zero-order chi connectivity index (χ0) is 16.4. The molecule has 3 aromatic rings. The first-order chi connectivity index (χ1) is 11.0. The first-order valence-electron chi connectivity index (χ1n) is 7.13. The first-order valence-corrected chi connectivity index (χ1v) is 8.61. The summed E-state index contributed by atoms with van der Waals surface area (Å²) in [6.45, 7) is 3.86. The van der Waals surface area contributed by atoms with Gasteiger partial charge in [-0.15, -0.1) is 0 Å². The van der Waals surface area contributed by atoms with Crippen LogP contribution in [0.2, 0.25) is 0 Å². The standard InChI is InChI=1S/C15H17N5O2S/c1-12(2)20-11-14(10-17-20)23(21,22)18-15-16-8-9-19(15)13-6-4-3-5-7-13/h3-12H,1-2H3,(H,16,18). The number of imidazole rings is 1. The Hall–Kier alpha value is -2.61. The molecule has 23 heavy (non-hydrogen) atoms. The fraction of sp³-hybridized carbons (Fsp3) is 0.200. The minimum Gasteiger partial charge on any atom is -0.286 e. The largest absolute Gasteiger partial charge is 0.286 e. The molecule has 0 aliphatic carbocycles. The molecule has 8 heteroatoms. The highest BCUT2D eigenvalue weighted by Crippen LogP contribution is 2.18. The van der Waals surface area contributed by atoms with Crippen molar-refractivity contribution < 1.29 is 8.42 Å². The Kier molecular flexibility index (Phi) is 3.91. The lowest BCUT2D eigenvalue weighted by Crippen LogP contribution is -2.15. The maximum absolute atomic E-state index is 12.5. The van der Waals surface area contributed by atoms with Gasteiger partial charge in [0, 0.05) is 30.3 Å². The molecule has 0 amide bonds. The Balaban J connectivity index is 1.91. The molecule has 0 unspecified atom stereocenters. The van der Waals surface area contributed by atoms with E-state index in [1.54, 1.807) is 21.6 Å². The van der Waals surface area contributed by atoms with E-state index >= 15 is 0 Å². The van der Waals surface area contributed by atoms with Gasteiger partial charge in [-0.3, -0.25) is 9.25 Å². The molecule has 1 aromatic carbocycles. The molecule has 0 aliphatic heterocycles. The first kappa shape index (κ1) is 15.3. The van der Waals surface area contributed by atoms with Crippen LogP contribution in [0.1, 0.15) is 19.9 Å². The number of benzene rings is 1. The van der Waals surface area contributed by atoms with E-state index in [4.69, 9.17) is 0 Å². The van der Waals surface area contributed by atoms with Crippen molar-refractivity contribution in [3.8, 4) is 5.69 Å². The van der Waals surface area contributed by atoms with Gasteiger partial charge in [-0.1, -0.05) is 18.2 Å². The van der Waals surface area contributed by atoms with E-state index < -0.39 is 10.0 Å². The van der Waals surface area contributed by atoms with E-state index in [0.29, 0.717) is 0 Å². The summed E-state index contributed by atoms with van der Waals surface area (Å²) in [5.74, 6) is 0.230. The van der Waals surface area contributed by atoms with Crippen molar-refractivity contribution in [1.82, 2.24) is 19.3 Å². The average molecular weight is 331 g/mol. The highest BCUT2D eigenvalue weighted by Gasteiger charge is 2.20. The number of rotatable bonds is 5. The van der Waals surface area contributed by atoms with Crippen LogP contribution in [0.15, 0.2) is 60.0 Å². The molecule has 0 bridgehead atoms. The average Bonchev–Trinajstić information content (AvgIpc) is 3.17. The lowest BCUT2D eigenvalue weighted by atomic mass is 10.3. The fourth-order valence-electron chi connectivity index (χ4n) is 2.10. The lowest BCUT2D eigenvalue weighted by Gasteiger charge is -2.09. The summed E-state index contributed by atoms with van der Waals surface area (Å²) in [6.07, 6.45) is 6.08. The predicted molar refractivity (Wildman–Crippen MR) is 87.0 cm³/mol. The topological polar surface area (TPSA) is 81.8 Å². The van der Waals surface area contributed by atoms with Crippen molar-refractivity contribution in [3.63, 3.8) is 0 Å². The Labute approximate surface area is 134 Å². The molecule has 1 N–H and O–H groups in total. The van der Waals surface area contributed by atoms with Crippen LogP contribution in [0.4, 0.5) is 5.95 Å². The van der Waals surface area contributed by atoms with Crippen LogP contribution in [-0.2, 0) is 10.0 Å². The number of nitrogens with zero attached hydrogens (tertiary/aromatic N) is 4. The molecule has 2 aromatic heterocycles. The highest BCUT2D eigenvalue weighted by atomic mass is 32.2. The molecule has 2 heterocycles. The van der Waals surface area contributed by atoms with E-state index in [1.165, 1.54) is 12.4 Å². The molecule has 7 nitrogen and oxygen atoms in total. The van der Waals surface area contributed by atoms with Crippen LogP contribution in [0, 0.1) is 0 Å². The molecule has 0 fully saturated rings. The third-order valence-corrected chi connectivity index (χ3v) is 4.60. The molecule has 0 saturated heterocycles. The molecule has 0 spiro atoms. The van der Waals surface area contributed by atoms with Crippen LogP contribution in [0.3, 0.4) is 0 Å². The fourth-order valence-corrected chi connectivity index (χ4v) is 3.04. The van der Waals surface area contributed by atoms with Gasteiger partial charge < -0.3 is 0 Å². The third kappa shape index (κ3) is 3.11. The van der Waals surface area contributed by atoms with Gasteiger partial charge >= 0.3 is 0 Å². The quantitative estimate of drug-likeness (QED) is 0.778. The molecule has 3 rings (SSSR count). The number of nitrogens with one attached hydrogen (secondary N) is 1. The van der Waals surface area contributed by atoms with Crippen molar-refractivity contribution in [2.45, 2.75) is 24.8 Å².